The highest BCUT2D eigenvalue weighted by atomic mass is 19.4. The molecule has 0 amide bonds. The summed E-state index contributed by atoms with van der Waals surface area (Å²) >= 11 is 0. The number of aliphatic hydroxyl groups is 1. The van der Waals surface area contributed by atoms with E-state index in [1.807, 2.05) is 0 Å². The first-order valence-corrected chi connectivity index (χ1v) is 7.70. The highest BCUT2D eigenvalue weighted by Gasteiger charge is 2.52. The van der Waals surface area contributed by atoms with Gasteiger partial charge in [-0.3, -0.25) is 4.79 Å². The molecule has 1 aromatic carbocycles. The summed E-state index contributed by atoms with van der Waals surface area (Å²) in [5.41, 5.74) is -0.881. The summed E-state index contributed by atoms with van der Waals surface area (Å²) in [5.74, 6) is 0.169. The van der Waals surface area contributed by atoms with Gasteiger partial charge in [0.05, 0.1) is 5.60 Å². The van der Waals surface area contributed by atoms with Crippen molar-refractivity contribution < 1.29 is 23.0 Å². The maximum absolute atomic E-state index is 12.3. The average Bonchev–Trinajstić information content (AvgIpc) is 2.44. The van der Waals surface area contributed by atoms with E-state index in [1.165, 1.54) is 24.4 Å². The average molecular weight is 354 g/mol. The smallest absolute Gasteiger partial charge is 0.406 e. The van der Waals surface area contributed by atoms with Crippen molar-refractivity contribution in [1.82, 2.24) is 9.97 Å². The molecular weight excluding hydrogens is 337 g/mol. The lowest BCUT2D eigenvalue weighted by Crippen LogP contribution is -2.54. The summed E-state index contributed by atoms with van der Waals surface area (Å²) in [5, 5.41) is 10.2. The number of aromatic nitrogens is 2. The van der Waals surface area contributed by atoms with E-state index in [9.17, 15) is 23.1 Å². The number of nitrogens with one attached hydrogen (secondary N) is 1. The van der Waals surface area contributed by atoms with Crippen LogP contribution in [0, 0.1) is 0 Å². The molecule has 0 atom stereocenters. The van der Waals surface area contributed by atoms with Crippen molar-refractivity contribution in [2.45, 2.75) is 43.6 Å². The second kappa shape index (κ2) is 5.87. The zero-order valence-electron chi connectivity index (χ0n) is 13.4. The van der Waals surface area contributed by atoms with Gasteiger partial charge in [-0.2, -0.15) is 0 Å². The number of halogens is 3. The topological polar surface area (TPSA) is 75.2 Å². The number of ether oxygens (including phenoxy) is 1. The van der Waals surface area contributed by atoms with Crippen molar-refractivity contribution in [1.29, 1.82) is 0 Å². The molecule has 0 radical (unpaired) electrons. The van der Waals surface area contributed by atoms with E-state index in [2.05, 4.69) is 14.7 Å². The van der Waals surface area contributed by atoms with Crippen LogP contribution in [0.1, 0.15) is 31.2 Å². The van der Waals surface area contributed by atoms with Crippen molar-refractivity contribution in [2.75, 3.05) is 0 Å². The van der Waals surface area contributed by atoms with Gasteiger partial charge in [-0.25, -0.2) is 4.98 Å². The van der Waals surface area contributed by atoms with Gasteiger partial charge in [0.2, 0.25) is 0 Å². The molecular formula is C17H17F3N2O3. The van der Waals surface area contributed by atoms with Crippen LogP contribution in [-0.4, -0.2) is 27.0 Å². The number of rotatable bonds is 4. The minimum atomic E-state index is -4.74. The lowest BCUT2D eigenvalue weighted by molar-refractivity contribution is -0.274. The molecule has 1 aliphatic carbocycles. The molecule has 5 nitrogen and oxygen atoms in total. The number of H-pyrrole nitrogens is 1. The quantitative estimate of drug-likeness (QED) is 0.885. The normalized spacial score (nSPS) is 26.1. The Bertz CT molecular complexity index is 805. The standard InChI is InChI=1S/C17H17F3N2O3/c1-15(24)9-16(10-15,8-13-21-7-6-14(23)22-13)11-2-4-12(5-3-11)25-17(18,19)20/h2-7,24H,8-10H2,1H3,(H,21,22,23). The molecule has 1 heterocycles. The number of hydrogen-bond acceptors (Lipinski definition) is 4. The van der Waals surface area contributed by atoms with Crippen molar-refractivity contribution in [3.63, 3.8) is 0 Å². The summed E-state index contributed by atoms with van der Waals surface area (Å²) in [7, 11) is 0. The van der Waals surface area contributed by atoms with Gasteiger partial charge in [-0.15, -0.1) is 13.2 Å². The predicted molar refractivity (Wildman–Crippen MR) is 83.2 cm³/mol. The molecule has 0 saturated heterocycles. The van der Waals surface area contributed by atoms with E-state index in [0.717, 1.165) is 5.56 Å². The van der Waals surface area contributed by atoms with Crippen LogP contribution in [0.4, 0.5) is 13.2 Å². The lowest BCUT2D eigenvalue weighted by Gasteiger charge is -2.52. The molecule has 0 spiro atoms. The minimum absolute atomic E-state index is 0.278. The highest BCUT2D eigenvalue weighted by Crippen LogP contribution is 2.52. The van der Waals surface area contributed by atoms with Crippen LogP contribution in [-0.2, 0) is 11.8 Å². The van der Waals surface area contributed by atoms with E-state index >= 15 is 0 Å². The van der Waals surface area contributed by atoms with Gasteiger partial charge in [0.25, 0.3) is 5.56 Å². The SMILES string of the molecule is CC1(O)CC(Cc2nccc(=O)[nH]2)(c2ccc(OC(F)(F)F)cc2)C1. The summed E-state index contributed by atoms with van der Waals surface area (Å²) in [6, 6.07) is 6.91. The predicted octanol–water partition coefficient (Wildman–Crippen LogP) is 2.69. The number of hydrogen-bond donors (Lipinski definition) is 2. The van der Waals surface area contributed by atoms with Gasteiger partial charge in [0, 0.05) is 24.1 Å². The summed E-state index contributed by atoms with van der Waals surface area (Å²) < 4.78 is 40.7. The monoisotopic (exact) mass is 354 g/mol. The zero-order valence-corrected chi connectivity index (χ0v) is 13.4. The Morgan fingerprint density at radius 2 is 1.88 bits per heavy atom. The first-order chi connectivity index (χ1) is 11.6. The maximum atomic E-state index is 12.3. The first-order valence-electron chi connectivity index (χ1n) is 7.70. The number of nitrogens with zero attached hydrogens (tertiary/aromatic N) is 1. The van der Waals surface area contributed by atoms with Crippen LogP contribution in [0.15, 0.2) is 41.3 Å². The number of alkyl halides is 3. The Hall–Kier alpha value is -2.35. The fourth-order valence-corrected chi connectivity index (χ4v) is 3.67. The van der Waals surface area contributed by atoms with Gasteiger partial charge in [-0.1, -0.05) is 12.1 Å². The molecule has 0 unspecified atom stereocenters. The van der Waals surface area contributed by atoms with Crippen LogP contribution in [0.5, 0.6) is 5.75 Å². The van der Waals surface area contributed by atoms with Crippen LogP contribution >= 0.6 is 0 Å². The number of benzene rings is 1. The minimum Gasteiger partial charge on any atom is -0.406 e. The maximum Gasteiger partial charge on any atom is 0.573 e. The Labute approximate surface area is 141 Å². The Balaban J connectivity index is 1.87. The molecule has 0 bridgehead atoms. The van der Waals surface area contributed by atoms with E-state index < -0.39 is 17.4 Å². The Morgan fingerprint density at radius 3 is 2.40 bits per heavy atom. The largest absolute Gasteiger partial charge is 0.573 e. The Kier molecular flexibility index (Phi) is 4.10. The third kappa shape index (κ3) is 4.01. The van der Waals surface area contributed by atoms with Crippen molar-refractivity contribution in [3.05, 3.63) is 58.3 Å². The van der Waals surface area contributed by atoms with Crippen molar-refractivity contribution in [3.8, 4) is 5.75 Å². The molecule has 1 aliphatic rings. The van der Waals surface area contributed by atoms with Crippen molar-refractivity contribution in [2.24, 2.45) is 0 Å². The second-order valence-corrected chi connectivity index (χ2v) is 6.76. The van der Waals surface area contributed by atoms with Crippen LogP contribution in [0.25, 0.3) is 0 Å². The molecule has 1 aromatic heterocycles. The fraction of sp³-hybridized carbons (Fsp3) is 0.412. The molecule has 2 N–H and O–H groups in total. The summed E-state index contributed by atoms with van der Waals surface area (Å²) in [6.07, 6.45) is -2.14. The molecule has 1 saturated carbocycles. The van der Waals surface area contributed by atoms with Gasteiger partial charge >= 0.3 is 6.36 Å². The van der Waals surface area contributed by atoms with Gasteiger partial charge in [-0.05, 0) is 37.5 Å². The Morgan fingerprint density at radius 1 is 1.24 bits per heavy atom. The van der Waals surface area contributed by atoms with Gasteiger partial charge in [0.1, 0.15) is 11.6 Å². The summed E-state index contributed by atoms with van der Waals surface area (Å²) in [4.78, 5) is 18.2. The summed E-state index contributed by atoms with van der Waals surface area (Å²) in [6.45, 7) is 1.70. The van der Waals surface area contributed by atoms with E-state index in [-0.39, 0.29) is 11.3 Å². The second-order valence-electron chi connectivity index (χ2n) is 6.76. The molecule has 25 heavy (non-hydrogen) atoms. The molecule has 1 fully saturated rings. The molecule has 3 rings (SSSR count). The fourth-order valence-electron chi connectivity index (χ4n) is 3.67. The third-order valence-corrected chi connectivity index (χ3v) is 4.37. The van der Waals surface area contributed by atoms with Gasteiger partial charge in [0.15, 0.2) is 0 Å². The molecule has 134 valence electrons. The molecule has 8 heteroatoms. The van der Waals surface area contributed by atoms with E-state index in [0.29, 0.717) is 25.1 Å². The number of aromatic amines is 1. The van der Waals surface area contributed by atoms with Crippen LogP contribution in [0.2, 0.25) is 0 Å². The van der Waals surface area contributed by atoms with Gasteiger partial charge < -0.3 is 14.8 Å². The third-order valence-electron chi connectivity index (χ3n) is 4.37. The molecule has 0 aliphatic heterocycles. The van der Waals surface area contributed by atoms with Crippen LogP contribution < -0.4 is 10.3 Å². The van der Waals surface area contributed by atoms with Crippen molar-refractivity contribution >= 4 is 0 Å². The first kappa shape index (κ1) is 17.5. The lowest BCUT2D eigenvalue weighted by atomic mass is 9.55. The van der Waals surface area contributed by atoms with E-state index in [1.54, 1.807) is 19.1 Å². The van der Waals surface area contributed by atoms with E-state index in [4.69, 9.17) is 0 Å². The zero-order chi connectivity index (χ0) is 18.3. The highest BCUT2D eigenvalue weighted by molar-refractivity contribution is 5.37. The van der Waals surface area contributed by atoms with Crippen LogP contribution in [0.3, 0.4) is 0 Å². The molecule has 2 aromatic rings.